The first kappa shape index (κ1) is 22.3. The van der Waals surface area contributed by atoms with Crippen molar-refractivity contribution in [3.63, 3.8) is 0 Å². The number of nitrogens with zero attached hydrogens (tertiary/aromatic N) is 3. The van der Waals surface area contributed by atoms with E-state index in [4.69, 9.17) is 23.8 Å². The first-order chi connectivity index (χ1) is 15.5. The molecule has 4 aromatic rings. The van der Waals surface area contributed by atoms with Crippen LogP contribution in [0.15, 0.2) is 81.9 Å². The van der Waals surface area contributed by atoms with Crippen molar-refractivity contribution in [3.8, 4) is 5.88 Å². The van der Waals surface area contributed by atoms with E-state index in [1.54, 1.807) is 28.5 Å². The molecule has 2 N–H and O–H groups in total. The first-order valence-electron chi connectivity index (χ1n) is 9.58. The van der Waals surface area contributed by atoms with E-state index in [2.05, 4.69) is 15.5 Å². The number of hydrogen-bond acceptors (Lipinski definition) is 4. The number of anilines is 1. The summed E-state index contributed by atoms with van der Waals surface area (Å²) in [5.41, 5.74) is 1.99. The van der Waals surface area contributed by atoms with Gasteiger partial charge in [0.05, 0.1) is 12.1 Å². The maximum Gasteiger partial charge on any atom is 0.221 e. The van der Waals surface area contributed by atoms with Gasteiger partial charge in [0.15, 0.2) is 5.69 Å². The molecule has 0 aliphatic rings. The molecule has 0 unspecified atom stereocenters. The highest BCUT2D eigenvalue weighted by atomic mass is 35.5. The Kier molecular flexibility index (Phi) is 6.74. The van der Waals surface area contributed by atoms with Gasteiger partial charge in [-0.3, -0.25) is 0 Å². The zero-order chi connectivity index (χ0) is 22.7. The molecule has 32 heavy (non-hydrogen) atoms. The molecule has 0 amide bonds. The third-order valence-corrected chi connectivity index (χ3v) is 6.12. The zero-order valence-corrected chi connectivity index (χ0v) is 19.3. The van der Waals surface area contributed by atoms with Gasteiger partial charge in [-0.05, 0) is 54.9 Å². The van der Waals surface area contributed by atoms with Crippen LogP contribution in [0.4, 0.5) is 15.8 Å². The fourth-order valence-electron chi connectivity index (χ4n) is 3.32. The van der Waals surface area contributed by atoms with Crippen molar-refractivity contribution < 1.29 is 9.50 Å². The molecule has 0 atom stereocenters. The van der Waals surface area contributed by atoms with Crippen molar-refractivity contribution in [2.45, 2.75) is 11.4 Å². The minimum atomic E-state index is -0.448. The van der Waals surface area contributed by atoms with Gasteiger partial charge >= 0.3 is 0 Å². The van der Waals surface area contributed by atoms with Crippen LogP contribution in [0.1, 0.15) is 5.56 Å². The monoisotopic (exact) mass is 484 g/mol. The third-order valence-electron chi connectivity index (χ3n) is 4.86. The van der Waals surface area contributed by atoms with Gasteiger partial charge in [0.25, 0.3) is 0 Å². The molecule has 3 aromatic carbocycles. The first-order valence-corrected chi connectivity index (χ1v) is 11.6. The third kappa shape index (κ3) is 4.62. The number of aromatic hydroxyl groups is 1. The lowest BCUT2D eigenvalue weighted by Gasteiger charge is -2.09. The summed E-state index contributed by atoms with van der Waals surface area (Å²) in [5.74, 6) is -0.600. The molecule has 0 fully saturated rings. The van der Waals surface area contributed by atoms with E-state index in [0.717, 1.165) is 10.6 Å². The smallest absolute Gasteiger partial charge is 0.221 e. The zero-order valence-electron chi connectivity index (χ0n) is 16.9. The van der Waals surface area contributed by atoms with Crippen LogP contribution in [0.2, 0.25) is 5.02 Å². The highest BCUT2D eigenvalue weighted by molar-refractivity contribution is 7.98. The largest absolute Gasteiger partial charge is 0.493 e. The quantitative estimate of drug-likeness (QED) is 0.176. The maximum absolute atomic E-state index is 14.3. The Hall–Kier alpha value is -2.94. The summed E-state index contributed by atoms with van der Waals surface area (Å²) in [6.07, 6.45) is 1.99. The van der Waals surface area contributed by atoms with E-state index < -0.39 is 5.82 Å². The maximum atomic E-state index is 14.3. The Morgan fingerprint density at radius 3 is 2.72 bits per heavy atom. The summed E-state index contributed by atoms with van der Waals surface area (Å²) < 4.78 is 15.9. The lowest BCUT2D eigenvalue weighted by atomic mass is 10.2. The van der Waals surface area contributed by atoms with Crippen molar-refractivity contribution in [1.29, 1.82) is 0 Å². The highest BCUT2D eigenvalue weighted by Crippen LogP contribution is 2.40. The van der Waals surface area contributed by atoms with Crippen LogP contribution in [0, 0.1) is 5.82 Å². The lowest BCUT2D eigenvalue weighted by molar-refractivity contribution is 0.428. The number of benzene rings is 3. The number of halogens is 2. The van der Waals surface area contributed by atoms with Gasteiger partial charge in [-0.25, -0.2) is 4.39 Å². The second-order valence-electron chi connectivity index (χ2n) is 6.84. The van der Waals surface area contributed by atoms with Crippen LogP contribution >= 0.6 is 35.6 Å². The molecule has 1 aromatic heterocycles. The van der Waals surface area contributed by atoms with Gasteiger partial charge in [-0.2, -0.15) is 0 Å². The van der Waals surface area contributed by atoms with Crippen LogP contribution in [0.3, 0.4) is 0 Å². The topological polar surface area (TPSA) is 61.9 Å². The Labute approximate surface area is 198 Å². The average molecular weight is 485 g/mol. The van der Waals surface area contributed by atoms with Gasteiger partial charge < -0.3 is 15.0 Å². The Bertz CT molecular complexity index is 1320. The molecule has 9 heteroatoms. The van der Waals surface area contributed by atoms with E-state index in [9.17, 15) is 9.50 Å². The fraction of sp³-hybridized carbons (Fsp3) is 0.0870. The number of nitrogens with one attached hydrogen (secondary N) is 1. The summed E-state index contributed by atoms with van der Waals surface area (Å²) in [6.45, 7) is 0.0392. The number of aromatic nitrogens is 1. The Morgan fingerprint density at radius 2 is 1.94 bits per heavy atom. The fourth-order valence-corrected chi connectivity index (χ4v) is 4.16. The van der Waals surface area contributed by atoms with Crippen molar-refractivity contribution in [2.75, 3.05) is 11.6 Å². The van der Waals surface area contributed by atoms with E-state index in [-0.39, 0.29) is 33.8 Å². The highest BCUT2D eigenvalue weighted by Gasteiger charge is 2.19. The Morgan fingerprint density at radius 1 is 1.16 bits per heavy atom. The summed E-state index contributed by atoms with van der Waals surface area (Å²) in [5, 5.41) is 23.3. The summed E-state index contributed by atoms with van der Waals surface area (Å²) in [7, 11) is 0. The van der Waals surface area contributed by atoms with Crippen LogP contribution < -0.4 is 5.32 Å². The number of para-hydroxylation sites is 1. The Balaban J connectivity index is 1.66. The molecule has 5 nitrogen and oxygen atoms in total. The van der Waals surface area contributed by atoms with Crippen molar-refractivity contribution in [3.05, 3.63) is 83.1 Å². The van der Waals surface area contributed by atoms with Crippen LogP contribution in [0.25, 0.3) is 10.9 Å². The predicted octanol–water partition coefficient (Wildman–Crippen LogP) is 7.39. The lowest BCUT2D eigenvalue weighted by Crippen LogP contribution is -2.04. The number of thioether (sulfide) groups is 1. The molecule has 0 aliphatic carbocycles. The normalized spacial score (nSPS) is 11.3. The molecule has 0 saturated carbocycles. The number of fused-ring (bicyclic) bond motifs is 1. The summed E-state index contributed by atoms with van der Waals surface area (Å²) in [4.78, 5) is 1.09. The van der Waals surface area contributed by atoms with Crippen molar-refractivity contribution >= 4 is 63.0 Å². The average Bonchev–Trinajstić information content (AvgIpc) is 3.05. The van der Waals surface area contributed by atoms with Crippen LogP contribution in [0.5, 0.6) is 5.88 Å². The van der Waals surface area contributed by atoms with Gasteiger partial charge in [-0.1, -0.05) is 41.9 Å². The second kappa shape index (κ2) is 9.68. The molecule has 0 aliphatic heterocycles. The molecule has 4 rings (SSSR count). The standard InChI is InChI=1S/C23H18ClFN4OS2/c1-32-15-7-4-6-14(12-15)26-23(31)28-27-21-16-8-2-3-11-20(16)29(22(21)30)13-17-18(24)9-5-10-19(17)25/h2-12,30H,13H2,1H3,(H,26,31). The molecular formula is C23H18ClFN4OS2. The van der Waals surface area contributed by atoms with Crippen molar-refractivity contribution in [1.82, 2.24) is 4.57 Å². The van der Waals surface area contributed by atoms with E-state index >= 15 is 0 Å². The van der Waals surface area contributed by atoms with E-state index in [0.29, 0.717) is 10.9 Å². The molecule has 0 spiro atoms. The number of azo groups is 1. The molecule has 0 radical (unpaired) electrons. The number of hydrogen-bond donors (Lipinski definition) is 2. The van der Waals surface area contributed by atoms with E-state index in [1.165, 1.54) is 12.1 Å². The van der Waals surface area contributed by atoms with Crippen molar-refractivity contribution in [2.24, 2.45) is 10.2 Å². The molecular weight excluding hydrogens is 467 g/mol. The van der Waals surface area contributed by atoms with Gasteiger partial charge in [0, 0.05) is 26.6 Å². The van der Waals surface area contributed by atoms with Gasteiger partial charge in [0.2, 0.25) is 11.0 Å². The molecule has 0 saturated heterocycles. The van der Waals surface area contributed by atoms with E-state index in [1.807, 2.05) is 48.7 Å². The minimum Gasteiger partial charge on any atom is -0.493 e. The van der Waals surface area contributed by atoms with Gasteiger partial charge in [0.1, 0.15) is 5.82 Å². The molecule has 162 valence electrons. The summed E-state index contributed by atoms with van der Waals surface area (Å²) in [6, 6.07) is 19.5. The van der Waals surface area contributed by atoms with Crippen LogP contribution in [-0.4, -0.2) is 21.0 Å². The minimum absolute atomic E-state index is 0.0392. The van der Waals surface area contributed by atoms with Crippen LogP contribution in [-0.2, 0) is 6.54 Å². The SMILES string of the molecule is CSc1cccc(NC(=S)N=Nc2c(O)n(Cc3c(F)cccc3Cl)c3ccccc23)c1. The second-order valence-corrected chi connectivity index (χ2v) is 8.51. The molecule has 0 bridgehead atoms. The number of thiocarbonyl (C=S) groups is 1. The summed E-state index contributed by atoms with van der Waals surface area (Å²) >= 11 is 13.1. The predicted molar refractivity (Wildman–Crippen MR) is 133 cm³/mol. The number of rotatable bonds is 5. The molecule has 1 heterocycles. The van der Waals surface area contributed by atoms with Gasteiger partial charge in [-0.15, -0.1) is 22.0 Å².